The number of anilines is 1. The van der Waals surface area contributed by atoms with E-state index in [1.54, 1.807) is 6.92 Å². The van der Waals surface area contributed by atoms with E-state index in [1.807, 2.05) is 0 Å². The van der Waals surface area contributed by atoms with Gasteiger partial charge in [-0.1, -0.05) is 11.6 Å². The van der Waals surface area contributed by atoms with Gasteiger partial charge in [0, 0.05) is 25.2 Å². The molecule has 10 heteroatoms. The van der Waals surface area contributed by atoms with Gasteiger partial charge in [0.1, 0.15) is 17.3 Å². The number of hydrogen-bond donors (Lipinski definition) is 0. The molecule has 0 N–H and O–H groups in total. The van der Waals surface area contributed by atoms with Crippen molar-refractivity contribution in [1.29, 1.82) is 0 Å². The Hall–Kier alpha value is -2.29. The largest absolute Gasteiger partial charge is 0.481 e. The molecular weight excluding hydrogens is 366 g/mol. The van der Waals surface area contributed by atoms with Gasteiger partial charge < -0.3 is 9.64 Å². The van der Waals surface area contributed by atoms with Crippen LogP contribution >= 0.6 is 11.6 Å². The number of carbonyl (C=O) groups excluding carboxylic acids is 1. The lowest BCUT2D eigenvalue weighted by atomic mass is 10.1. The van der Waals surface area contributed by atoms with Gasteiger partial charge in [-0.3, -0.25) is 9.48 Å². The first-order valence-electron chi connectivity index (χ1n) is 7.22. The zero-order chi connectivity index (χ0) is 18.5. The summed E-state index contributed by atoms with van der Waals surface area (Å²) in [6, 6.07) is 2.23. The maximum absolute atomic E-state index is 14.4. The number of hydrogen-bond acceptors (Lipinski definition) is 3. The van der Waals surface area contributed by atoms with Crippen LogP contribution in [0.15, 0.2) is 12.1 Å². The first-order chi connectivity index (χ1) is 11.6. The molecule has 25 heavy (non-hydrogen) atoms. The molecule has 1 aromatic heterocycles. The molecule has 0 atom stereocenters. The fraction of sp³-hybridized carbons (Fsp3) is 0.333. The Bertz CT molecular complexity index is 863. The van der Waals surface area contributed by atoms with E-state index >= 15 is 0 Å². The molecule has 1 amide bonds. The highest BCUT2D eigenvalue weighted by Gasteiger charge is 2.39. The van der Waals surface area contributed by atoms with Crippen LogP contribution in [0.4, 0.5) is 23.2 Å². The Kier molecular flexibility index (Phi) is 4.14. The van der Waals surface area contributed by atoms with E-state index in [1.165, 1.54) is 11.0 Å². The minimum atomic E-state index is -4.74. The Morgan fingerprint density at radius 2 is 2.04 bits per heavy atom. The lowest BCUT2D eigenvalue weighted by Gasteiger charge is -2.28. The number of amides is 1. The number of benzene rings is 1. The fourth-order valence-electron chi connectivity index (χ4n) is 2.73. The molecule has 2 heterocycles. The van der Waals surface area contributed by atoms with E-state index in [-0.39, 0.29) is 35.2 Å². The first kappa shape index (κ1) is 17.5. The van der Waals surface area contributed by atoms with Crippen molar-refractivity contribution in [2.45, 2.75) is 13.1 Å². The summed E-state index contributed by atoms with van der Waals surface area (Å²) in [5, 5.41) is 3.00. The predicted octanol–water partition coefficient (Wildman–Crippen LogP) is 3.64. The number of likely N-dealkylation sites (N-methyl/N-ethyl adjacent to an activating group) is 1. The van der Waals surface area contributed by atoms with Gasteiger partial charge in [0.2, 0.25) is 0 Å². The Morgan fingerprint density at radius 3 is 2.60 bits per heavy atom. The van der Waals surface area contributed by atoms with Crippen molar-refractivity contribution in [2.75, 3.05) is 18.1 Å². The molecule has 1 aromatic carbocycles. The molecule has 1 aliphatic rings. The quantitative estimate of drug-likeness (QED) is 0.751. The number of nitrogens with zero attached hydrogens (tertiary/aromatic N) is 3. The molecule has 5 nitrogen and oxygen atoms in total. The van der Waals surface area contributed by atoms with Crippen LogP contribution in [0.5, 0.6) is 5.75 Å². The summed E-state index contributed by atoms with van der Waals surface area (Å²) in [5.74, 6) is -1.06. The third-order valence-electron chi connectivity index (χ3n) is 3.82. The molecule has 0 spiro atoms. The maximum Gasteiger partial charge on any atom is 0.434 e. The average Bonchev–Trinajstić information content (AvgIpc) is 2.81. The second-order valence-corrected chi connectivity index (χ2v) is 5.74. The molecule has 0 radical (unpaired) electrons. The summed E-state index contributed by atoms with van der Waals surface area (Å²) < 4.78 is 59.4. The van der Waals surface area contributed by atoms with Crippen molar-refractivity contribution in [3.8, 4) is 17.0 Å². The second-order valence-electron chi connectivity index (χ2n) is 5.36. The van der Waals surface area contributed by atoms with Crippen LogP contribution in [-0.4, -0.2) is 28.8 Å². The Balaban J connectivity index is 2.20. The second kappa shape index (κ2) is 5.91. The van der Waals surface area contributed by atoms with Gasteiger partial charge in [-0.2, -0.15) is 18.3 Å². The maximum atomic E-state index is 14.4. The molecule has 0 aliphatic carbocycles. The van der Waals surface area contributed by atoms with Crippen LogP contribution in [0.2, 0.25) is 5.02 Å². The van der Waals surface area contributed by atoms with E-state index in [2.05, 4.69) is 5.10 Å². The minimum Gasteiger partial charge on any atom is -0.481 e. The molecule has 0 saturated carbocycles. The van der Waals surface area contributed by atoms with E-state index in [0.717, 1.165) is 13.1 Å². The molecule has 0 fully saturated rings. The number of aromatic nitrogens is 2. The number of fused-ring (bicyclic) bond motifs is 1. The number of rotatable bonds is 2. The van der Waals surface area contributed by atoms with Gasteiger partial charge in [0.15, 0.2) is 12.3 Å². The van der Waals surface area contributed by atoms with Crippen molar-refractivity contribution in [1.82, 2.24) is 9.78 Å². The van der Waals surface area contributed by atoms with Gasteiger partial charge in [0.25, 0.3) is 5.91 Å². The van der Waals surface area contributed by atoms with Crippen LogP contribution in [-0.2, 0) is 18.0 Å². The van der Waals surface area contributed by atoms with Crippen LogP contribution in [0.3, 0.4) is 0 Å². The SMILES string of the molecule is CCN1C(=O)COc2cc(F)c(-c3nn(C)c(C(F)(F)F)c3Cl)cc21. The highest BCUT2D eigenvalue weighted by atomic mass is 35.5. The Labute approximate surface area is 144 Å². The van der Waals surface area contributed by atoms with E-state index in [0.29, 0.717) is 11.2 Å². The molecule has 2 aromatic rings. The van der Waals surface area contributed by atoms with Crippen LogP contribution in [0.1, 0.15) is 12.6 Å². The van der Waals surface area contributed by atoms with Crippen LogP contribution in [0, 0.1) is 5.82 Å². The van der Waals surface area contributed by atoms with Crippen LogP contribution < -0.4 is 9.64 Å². The van der Waals surface area contributed by atoms with E-state index < -0.39 is 22.7 Å². The summed E-state index contributed by atoms with van der Waals surface area (Å²) in [6.45, 7) is 1.78. The standard InChI is InChI=1S/C15H12ClF4N3O2/c1-3-23-9-4-7(8(17)5-10(9)25-6-11(23)24)13-12(16)14(15(18,19)20)22(2)21-13/h4-5H,3,6H2,1-2H3. The molecule has 134 valence electrons. The summed E-state index contributed by atoms with van der Waals surface area (Å²) in [7, 11) is 1.07. The highest BCUT2D eigenvalue weighted by Crippen LogP contribution is 2.43. The first-order valence-corrected chi connectivity index (χ1v) is 7.59. The monoisotopic (exact) mass is 377 g/mol. The van der Waals surface area contributed by atoms with E-state index in [4.69, 9.17) is 16.3 Å². The van der Waals surface area contributed by atoms with Gasteiger partial charge in [-0.25, -0.2) is 4.39 Å². The molecule has 1 aliphatic heterocycles. The molecule has 0 bridgehead atoms. The minimum absolute atomic E-state index is 0.130. The summed E-state index contributed by atoms with van der Waals surface area (Å²) in [4.78, 5) is 13.2. The topological polar surface area (TPSA) is 47.4 Å². The normalized spacial score (nSPS) is 14.5. The zero-order valence-electron chi connectivity index (χ0n) is 13.1. The van der Waals surface area contributed by atoms with Gasteiger partial charge >= 0.3 is 6.18 Å². The predicted molar refractivity (Wildman–Crippen MR) is 82.1 cm³/mol. The van der Waals surface area contributed by atoms with Gasteiger partial charge in [0.05, 0.1) is 10.7 Å². The molecule has 0 unspecified atom stereocenters. The molecule has 3 rings (SSSR count). The third kappa shape index (κ3) is 2.82. The van der Waals surface area contributed by atoms with Crippen molar-refractivity contribution < 1.29 is 27.1 Å². The fourth-order valence-corrected chi connectivity index (χ4v) is 3.10. The lowest BCUT2D eigenvalue weighted by Crippen LogP contribution is -2.38. The van der Waals surface area contributed by atoms with Crippen LogP contribution in [0.25, 0.3) is 11.3 Å². The van der Waals surface area contributed by atoms with E-state index in [9.17, 15) is 22.4 Å². The average molecular weight is 378 g/mol. The summed E-state index contributed by atoms with van der Waals surface area (Å²) in [6.07, 6.45) is -4.74. The van der Waals surface area contributed by atoms with Gasteiger partial charge in [-0.15, -0.1) is 0 Å². The van der Waals surface area contributed by atoms with Gasteiger partial charge in [-0.05, 0) is 13.0 Å². The Morgan fingerprint density at radius 1 is 1.36 bits per heavy atom. The number of halogens is 5. The number of carbonyl (C=O) groups is 1. The number of ether oxygens (including phenoxy) is 1. The smallest absolute Gasteiger partial charge is 0.434 e. The number of alkyl halides is 3. The highest BCUT2D eigenvalue weighted by molar-refractivity contribution is 6.33. The number of aryl methyl sites for hydroxylation is 1. The van der Waals surface area contributed by atoms with Crippen molar-refractivity contribution in [2.24, 2.45) is 7.05 Å². The van der Waals surface area contributed by atoms with Crippen molar-refractivity contribution >= 4 is 23.2 Å². The van der Waals surface area contributed by atoms with Crippen molar-refractivity contribution in [3.05, 3.63) is 28.7 Å². The molecule has 0 saturated heterocycles. The van der Waals surface area contributed by atoms with Crippen molar-refractivity contribution in [3.63, 3.8) is 0 Å². The third-order valence-corrected chi connectivity index (χ3v) is 4.18. The lowest BCUT2D eigenvalue weighted by molar-refractivity contribution is -0.143. The zero-order valence-corrected chi connectivity index (χ0v) is 13.9. The molecular formula is C15H12ClF4N3O2. The summed E-state index contributed by atoms with van der Waals surface area (Å²) >= 11 is 5.82. The summed E-state index contributed by atoms with van der Waals surface area (Å²) in [5.41, 5.74) is -1.52.